The van der Waals surface area contributed by atoms with Gasteiger partial charge in [0.05, 0.1) is 18.0 Å². The molecule has 41 heavy (non-hydrogen) atoms. The number of anilines is 1. The van der Waals surface area contributed by atoms with Gasteiger partial charge in [0.15, 0.2) is 0 Å². The molecule has 4 aromatic rings. The first kappa shape index (κ1) is 29.2. The zero-order valence-electron chi connectivity index (χ0n) is 22.9. The van der Waals surface area contributed by atoms with Crippen LogP contribution in [0.25, 0.3) is 10.9 Å². The van der Waals surface area contributed by atoms with Crippen LogP contribution in [0.15, 0.2) is 84.9 Å². The van der Waals surface area contributed by atoms with Crippen molar-refractivity contribution in [1.29, 1.82) is 0 Å². The summed E-state index contributed by atoms with van der Waals surface area (Å²) in [6.07, 6.45) is 3.10. The Bertz CT molecular complexity index is 1380. The molecule has 2 amide bonds. The number of unbranched alkanes of at least 4 members (excludes halogenated alkanes) is 2. The fraction of sp³-hybridized carbons (Fsp3) is 0.281. The van der Waals surface area contributed by atoms with Crippen molar-refractivity contribution in [2.75, 3.05) is 31.6 Å². The highest BCUT2D eigenvalue weighted by Crippen LogP contribution is 2.24. The molecule has 0 atom stereocenters. The van der Waals surface area contributed by atoms with Crippen molar-refractivity contribution in [2.24, 2.45) is 0 Å². The minimum atomic E-state index is -0.409. The SMILES string of the molecule is O=COCCCCCNc1nc(C(=O)NCCCNC(=O)C(c2ccccc2)c2ccccc2)nc2ccccc12. The van der Waals surface area contributed by atoms with E-state index >= 15 is 0 Å². The third-order valence-electron chi connectivity index (χ3n) is 6.57. The topological polar surface area (TPSA) is 122 Å². The normalized spacial score (nSPS) is 10.8. The molecule has 0 saturated heterocycles. The van der Waals surface area contributed by atoms with E-state index in [-0.39, 0.29) is 17.6 Å². The summed E-state index contributed by atoms with van der Waals surface area (Å²) in [6.45, 7) is 2.31. The van der Waals surface area contributed by atoms with Gasteiger partial charge >= 0.3 is 0 Å². The van der Waals surface area contributed by atoms with Gasteiger partial charge in [0.2, 0.25) is 11.7 Å². The van der Waals surface area contributed by atoms with E-state index in [1.807, 2.05) is 84.9 Å². The Labute approximate surface area is 239 Å². The average molecular weight is 554 g/mol. The number of fused-ring (bicyclic) bond motifs is 1. The molecule has 0 spiro atoms. The number of hydrogen-bond acceptors (Lipinski definition) is 7. The van der Waals surface area contributed by atoms with Crippen LogP contribution in [0.3, 0.4) is 0 Å². The number of benzene rings is 3. The van der Waals surface area contributed by atoms with Crippen LogP contribution in [0.2, 0.25) is 0 Å². The highest BCUT2D eigenvalue weighted by atomic mass is 16.5. The first-order valence-electron chi connectivity index (χ1n) is 13.9. The summed E-state index contributed by atoms with van der Waals surface area (Å²) in [5, 5.41) is 10.0. The Morgan fingerprint density at radius 1 is 0.732 bits per heavy atom. The molecule has 1 aromatic heterocycles. The largest absolute Gasteiger partial charge is 0.468 e. The van der Waals surface area contributed by atoms with Crippen LogP contribution in [-0.4, -0.2) is 54.5 Å². The number of aromatic nitrogens is 2. The lowest BCUT2D eigenvalue weighted by Crippen LogP contribution is -2.33. The third kappa shape index (κ3) is 8.60. The minimum Gasteiger partial charge on any atom is -0.468 e. The lowest BCUT2D eigenvalue weighted by atomic mass is 9.90. The molecule has 0 saturated carbocycles. The number of nitrogens with one attached hydrogen (secondary N) is 3. The summed E-state index contributed by atoms with van der Waals surface area (Å²) < 4.78 is 4.72. The van der Waals surface area contributed by atoms with E-state index in [2.05, 4.69) is 25.9 Å². The molecule has 9 heteroatoms. The van der Waals surface area contributed by atoms with Gasteiger partial charge in [0.1, 0.15) is 5.82 Å². The maximum Gasteiger partial charge on any atom is 0.293 e. The first-order chi connectivity index (χ1) is 20.2. The van der Waals surface area contributed by atoms with Crippen LogP contribution >= 0.6 is 0 Å². The van der Waals surface area contributed by atoms with Gasteiger partial charge in [-0.05, 0) is 48.9 Å². The molecule has 0 aliphatic heterocycles. The molecule has 212 valence electrons. The summed E-state index contributed by atoms with van der Waals surface area (Å²) in [5.41, 5.74) is 2.53. The Balaban J connectivity index is 1.29. The average Bonchev–Trinajstić information content (AvgIpc) is 3.01. The van der Waals surface area contributed by atoms with Gasteiger partial charge in [-0.1, -0.05) is 72.8 Å². The Kier molecular flexibility index (Phi) is 11.2. The number of ether oxygens (including phenoxy) is 1. The van der Waals surface area contributed by atoms with Crippen molar-refractivity contribution in [3.8, 4) is 0 Å². The van der Waals surface area contributed by atoms with Crippen molar-refractivity contribution in [3.63, 3.8) is 0 Å². The van der Waals surface area contributed by atoms with Crippen molar-refractivity contribution in [3.05, 3.63) is 102 Å². The van der Waals surface area contributed by atoms with E-state index in [1.54, 1.807) is 0 Å². The standard InChI is InChI=1S/C32H35N5O4/c38-23-41-22-11-3-10-19-33-29-26-17-8-9-18-27(26)36-30(37-29)32(40)35-21-12-20-34-31(39)28(24-13-4-1-5-14-24)25-15-6-2-7-16-25/h1-2,4-9,13-18,23,28H,3,10-12,19-22H2,(H,34,39)(H,35,40)(H,33,36,37). The number of carbonyl (C=O) groups excluding carboxylic acids is 3. The molecule has 3 aromatic carbocycles. The second-order valence-electron chi connectivity index (χ2n) is 9.52. The fourth-order valence-electron chi connectivity index (χ4n) is 4.52. The third-order valence-corrected chi connectivity index (χ3v) is 6.57. The number of amides is 2. The first-order valence-corrected chi connectivity index (χ1v) is 13.9. The van der Waals surface area contributed by atoms with E-state index in [0.29, 0.717) is 50.5 Å². The molecule has 0 unspecified atom stereocenters. The van der Waals surface area contributed by atoms with Gasteiger partial charge in [-0.3, -0.25) is 14.4 Å². The van der Waals surface area contributed by atoms with E-state index in [4.69, 9.17) is 4.74 Å². The highest BCUT2D eigenvalue weighted by molar-refractivity contribution is 5.96. The van der Waals surface area contributed by atoms with Crippen LogP contribution in [-0.2, 0) is 14.3 Å². The maximum atomic E-state index is 13.2. The summed E-state index contributed by atoms with van der Waals surface area (Å²) in [6, 6.07) is 26.9. The number of para-hydroxylation sites is 1. The summed E-state index contributed by atoms with van der Waals surface area (Å²) in [5.74, 6) is -0.178. The predicted octanol–water partition coefficient (Wildman–Crippen LogP) is 4.45. The van der Waals surface area contributed by atoms with Gasteiger partial charge in [-0.2, -0.15) is 0 Å². The zero-order valence-corrected chi connectivity index (χ0v) is 22.9. The van der Waals surface area contributed by atoms with Crippen molar-refractivity contribution < 1.29 is 19.1 Å². The van der Waals surface area contributed by atoms with Gasteiger partial charge < -0.3 is 20.7 Å². The summed E-state index contributed by atoms with van der Waals surface area (Å²) >= 11 is 0. The van der Waals surface area contributed by atoms with Crippen LogP contribution in [0.1, 0.15) is 53.3 Å². The van der Waals surface area contributed by atoms with Crippen molar-refractivity contribution in [1.82, 2.24) is 20.6 Å². The van der Waals surface area contributed by atoms with Gasteiger partial charge in [0, 0.05) is 25.0 Å². The zero-order chi connectivity index (χ0) is 28.7. The van der Waals surface area contributed by atoms with E-state index in [0.717, 1.165) is 35.8 Å². The Morgan fingerprint density at radius 3 is 2.10 bits per heavy atom. The maximum absolute atomic E-state index is 13.2. The van der Waals surface area contributed by atoms with Gasteiger partial charge in [-0.15, -0.1) is 0 Å². The molecular weight excluding hydrogens is 518 g/mol. The smallest absolute Gasteiger partial charge is 0.293 e. The van der Waals surface area contributed by atoms with Gasteiger partial charge in [-0.25, -0.2) is 9.97 Å². The lowest BCUT2D eigenvalue weighted by Gasteiger charge is -2.18. The quantitative estimate of drug-likeness (QED) is 0.138. The molecule has 1 heterocycles. The minimum absolute atomic E-state index is 0.0847. The van der Waals surface area contributed by atoms with E-state index < -0.39 is 5.92 Å². The van der Waals surface area contributed by atoms with Crippen LogP contribution in [0.5, 0.6) is 0 Å². The monoisotopic (exact) mass is 553 g/mol. The molecule has 0 aliphatic rings. The van der Waals surface area contributed by atoms with Crippen LogP contribution in [0, 0.1) is 0 Å². The molecule has 0 bridgehead atoms. The number of hydrogen-bond donors (Lipinski definition) is 3. The molecule has 4 rings (SSSR count). The van der Waals surface area contributed by atoms with Crippen LogP contribution < -0.4 is 16.0 Å². The molecule has 3 N–H and O–H groups in total. The molecule has 0 aliphatic carbocycles. The highest BCUT2D eigenvalue weighted by Gasteiger charge is 2.22. The summed E-state index contributed by atoms with van der Waals surface area (Å²) in [4.78, 5) is 45.2. The number of rotatable bonds is 16. The lowest BCUT2D eigenvalue weighted by molar-refractivity contribution is -0.128. The predicted molar refractivity (Wildman–Crippen MR) is 159 cm³/mol. The molecular formula is C32H35N5O4. The molecule has 9 nitrogen and oxygen atoms in total. The van der Waals surface area contributed by atoms with E-state index in [9.17, 15) is 14.4 Å². The summed E-state index contributed by atoms with van der Waals surface area (Å²) in [7, 11) is 0. The fourth-order valence-corrected chi connectivity index (χ4v) is 4.52. The van der Waals surface area contributed by atoms with Crippen molar-refractivity contribution >= 4 is 35.0 Å². The Morgan fingerprint density at radius 2 is 1.39 bits per heavy atom. The van der Waals surface area contributed by atoms with Crippen molar-refractivity contribution in [2.45, 2.75) is 31.6 Å². The van der Waals surface area contributed by atoms with E-state index in [1.165, 1.54) is 0 Å². The number of nitrogens with zero attached hydrogens (tertiary/aromatic N) is 2. The Hall–Kier alpha value is -4.79. The van der Waals surface area contributed by atoms with Gasteiger partial charge in [0.25, 0.3) is 12.4 Å². The molecule has 0 radical (unpaired) electrons. The second kappa shape index (κ2) is 15.7. The molecule has 0 fully saturated rings. The second-order valence-corrected chi connectivity index (χ2v) is 9.52. The number of carbonyl (C=O) groups is 3. The van der Waals surface area contributed by atoms with Crippen LogP contribution in [0.4, 0.5) is 5.82 Å².